The minimum Gasteiger partial charge on any atom is -0.462 e. The average molecular weight is 370 g/mol. The van der Waals surface area contributed by atoms with Crippen molar-refractivity contribution in [1.82, 2.24) is 9.88 Å². The molecule has 0 bridgehead atoms. The van der Waals surface area contributed by atoms with Crippen molar-refractivity contribution in [2.75, 3.05) is 6.61 Å². The zero-order chi connectivity index (χ0) is 20.0. The topological polar surface area (TPSA) is 60.3 Å². The SMILES string of the molecule is CCOC(=O)c1cc(-c2ccc(C)cc2)n(CCC(=O)N[C@H](C)CC)c1C. The first-order valence-electron chi connectivity index (χ1n) is 9.61. The molecule has 1 aromatic heterocycles. The molecule has 0 spiro atoms. The molecule has 0 aliphatic heterocycles. The number of nitrogens with zero attached hydrogens (tertiary/aromatic N) is 1. The zero-order valence-corrected chi connectivity index (χ0v) is 17.0. The third-order valence-corrected chi connectivity index (χ3v) is 4.79. The number of ether oxygens (including phenoxy) is 1. The Labute approximate surface area is 161 Å². The van der Waals surface area contributed by atoms with Crippen LogP contribution in [0.2, 0.25) is 0 Å². The molecule has 1 N–H and O–H groups in total. The van der Waals surface area contributed by atoms with Gasteiger partial charge in [0.2, 0.25) is 5.91 Å². The van der Waals surface area contributed by atoms with E-state index in [0.717, 1.165) is 23.4 Å². The average Bonchev–Trinajstić information content (AvgIpc) is 2.97. The second-order valence-corrected chi connectivity index (χ2v) is 6.89. The van der Waals surface area contributed by atoms with Crippen LogP contribution in [0, 0.1) is 13.8 Å². The van der Waals surface area contributed by atoms with E-state index in [1.54, 1.807) is 6.92 Å². The number of nitrogens with one attached hydrogen (secondary N) is 1. The predicted octanol–water partition coefficient (Wildman–Crippen LogP) is 4.25. The summed E-state index contributed by atoms with van der Waals surface area (Å²) in [7, 11) is 0. The molecule has 0 fully saturated rings. The van der Waals surface area contributed by atoms with E-state index in [2.05, 4.69) is 5.32 Å². The van der Waals surface area contributed by atoms with Crippen molar-refractivity contribution in [3.05, 3.63) is 47.2 Å². The van der Waals surface area contributed by atoms with Crippen molar-refractivity contribution in [2.45, 2.75) is 60.0 Å². The normalized spacial score (nSPS) is 11.9. The molecular formula is C22H30N2O3. The van der Waals surface area contributed by atoms with Gasteiger partial charge in [-0.3, -0.25) is 4.79 Å². The third kappa shape index (κ3) is 5.22. The fraction of sp³-hybridized carbons (Fsp3) is 0.455. The molecule has 1 amide bonds. The van der Waals surface area contributed by atoms with Crippen LogP contribution in [0.1, 0.15) is 55.2 Å². The smallest absolute Gasteiger partial charge is 0.339 e. The minimum atomic E-state index is -0.328. The van der Waals surface area contributed by atoms with Crippen LogP contribution in [-0.2, 0) is 16.1 Å². The second kappa shape index (κ2) is 9.40. The summed E-state index contributed by atoms with van der Waals surface area (Å²) in [4.78, 5) is 24.5. The molecular weight excluding hydrogens is 340 g/mol. The Morgan fingerprint density at radius 3 is 2.41 bits per heavy atom. The number of aryl methyl sites for hydroxylation is 1. The molecule has 1 heterocycles. The number of hydrogen-bond donors (Lipinski definition) is 1. The van der Waals surface area contributed by atoms with Crippen molar-refractivity contribution in [2.24, 2.45) is 0 Å². The maximum atomic E-state index is 12.3. The van der Waals surface area contributed by atoms with Gasteiger partial charge in [-0.05, 0) is 45.7 Å². The highest BCUT2D eigenvalue weighted by Crippen LogP contribution is 2.27. The van der Waals surface area contributed by atoms with E-state index in [9.17, 15) is 9.59 Å². The highest BCUT2D eigenvalue weighted by Gasteiger charge is 2.20. The third-order valence-electron chi connectivity index (χ3n) is 4.79. The van der Waals surface area contributed by atoms with Crippen LogP contribution in [0.5, 0.6) is 0 Å². The van der Waals surface area contributed by atoms with Crippen LogP contribution in [0.15, 0.2) is 30.3 Å². The quantitative estimate of drug-likeness (QED) is 0.707. The fourth-order valence-corrected chi connectivity index (χ4v) is 2.97. The molecule has 5 heteroatoms. The number of amides is 1. The van der Waals surface area contributed by atoms with Gasteiger partial charge in [0.25, 0.3) is 0 Å². The summed E-state index contributed by atoms with van der Waals surface area (Å²) in [6, 6.07) is 10.2. The molecule has 146 valence electrons. The molecule has 0 aliphatic carbocycles. The zero-order valence-electron chi connectivity index (χ0n) is 17.0. The Morgan fingerprint density at radius 2 is 1.81 bits per heavy atom. The van der Waals surface area contributed by atoms with Gasteiger partial charge in [-0.15, -0.1) is 0 Å². The van der Waals surface area contributed by atoms with E-state index in [1.807, 2.05) is 62.6 Å². The van der Waals surface area contributed by atoms with Gasteiger partial charge in [-0.25, -0.2) is 4.79 Å². The fourth-order valence-electron chi connectivity index (χ4n) is 2.97. The van der Waals surface area contributed by atoms with Crippen LogP contribution < -0.4 is 5.32 Å². The van der Waals surface area contributed by atoms with Gasteiger partial charge in [0.1, 0.15) is 0 Å². The number of rotatable bonds is 8. The molecule has 0 saturated heterocycles. The van der Waals surface area contributed by atoms with Gasteiger partial charge in [-0.1, -0.05) is 36.8 Å². The maximum Gasteiger partial charge on any atom is 0.339 e. The van der Waals surface area contributed by atoms with E-state index in [0.29, 0.717) is 25.1 Å². The van der Waals surface area contributed by atoms with E-state index < -0.39 is 0 Å². The van der Waals surface area contributed by atoms with E-state index in [4.69, 9.17) is 4.74 Å². The lowest BCUT2D eigenvalue weighted by atomic mass is 10.1. The van der Waals surface area contributed by atoms with Crippen molar-refractivity contribution >= 4 is 11.9 Å². The van der Waals surface area contributed by atoms with E-state index in [1.165, 1.54) is 5.56 Å². The predicted molar refractivity (Wildman–Crippen MR) is 108 cm³/mol. The first-order chi connectivity index (χ1) is 12.9. The first kappa shape index (κ1) is 20.7. The summed E-state index contributed by atoms with van der Waals surface area (Å²) in [6.45, 7) is 10.6. The number of carbonyl (C=O) groups excluding carboxylic acids is 2. The van der Waals surface area contributed by atoms with Crippen molar-refractivity contribution in [1.29, 1.82) is 0 Å². The monoisotopic (exact) mass is 370 g/mol. The molecule has 27 heavy (non-hydrogen) atoms. The lowest BCUT2D eigenvalue weighted by Crippen LogP contribution is -2.32. The Morgan fingerprint density at radius 1 is 1.15 bits per heavy atom. The Balaban J connectivity index is 2.33. The van der Waals surface area contributed by atoms with Crippen molar-refractivity contribution in [3.63, 3.8) is 0 Å². The van der Waals surface area contributed by atoms with Gasteiger partial charge >= 0.3 is 5.97 Å². The summed E-state index contributed by atoms with van der Waals surface area (Å²) in [6.07, 6.45) is 1.26. The number of carbonyl (C=O) groups is 2. The molecule has 5 nitrogen and oxygen atoms in total. The van der Waals surface area contributed by atoms with Crippen LogP contribution in [0.3, 0.4) is 0 Å². The summed E-state index contributed by atoms with van der Waals surface area (Å²) >= 11 is 0. The summed E-state index contributed by atoms with van der Waals surface area (Å²) in [5.74, 6) is -0.309. The van der Waals surface area contributed by atoms with Crippen LogP contribution in [0.4, 0.5) is 0 Å². The van der Waals surface area contributed by atoms with E-state index >= 15 is 0 Å². The molecule has 0 saturated carbocycles. The molecule has 0 aliphatic rings. The van der Waals surface area contributed by atoms with Gasteiger partial charge in [0.05, 0.1) is 12.2 Å². The summed E-state index contributed by atoms with van der Waals surface area (Å²) in [5, 5.41) is 2.99. The first-order valence-corrected chi connectivity index (χ1v) is 9.61. The van der Waals surface area contributed by atoms with Crippen LogP contribution in [-0.4, -0.2) is 29.1 Å². The highest BCUT2D eigenvalue weighted by molar-refractivity contribution is 5.92. The maximum absolute atomic E-state index is 12.3. The number of benzene rings is 1. The number of aromatic nitrogens is 1. The van der Waals surface area contributed by atoms with Crippen LogP contribution >= 0.6 is 0 Å². The van der Waals surface area contributed by atoms with Gasteiger partial charge < -0.3 is 14.6 Å². The van der Waals surface area contributed by atoms with Crippen LogP contribution in [0.25, 0.3) is 11.3 Å². The summed E-state index contributed by atoms with van der Waals surface area (Å²) < 4.78 is 7.23. The molecule has 0 unspecified atom stereocenters. The molecule has 2 aromatic rings. The lowest BCUT2D eigenvalue weighted by molar-refractivity contribution is -0.121. The second-order valence-electron chi connectivity index (χ2n) is 6.89. The van der Waals surface area contributed by atoms with Crippen molar-refractivity contribution in [3.8, 4) is 11.3 Å². The van der Waals surface area contributed by atoms with Crippen molar-refractivity contribution < 1.29 is 14.3 Å². The molecule has 2 rings (SSSR count). The Kier molecular flexibility index (Phi) is 7.22. The largest absolute Gasteiger partial charge is 0.462 e. The number of esters is 1. The minimum absolute atomic E-state index is 0.0185. The molecule has 1 aromatic carbocycles. The summed E-state index contributed by atoms with van der Waals surface area (Å²) in [5.41, 5.74) is 4.48. The van der Waals surface area contributed by atoms with E-state index in [-0.39, 0.29) is 17.9 Å². The van der Waals surface area contributed by atoms with Gasteiger partial charge in [0, 0.05) is 30.4 Å². The lowest BCUT2D eigenvalue weighted by Gasteiger charge is -2.14. The number of hydrogen-bond acceptors (Lipinski definition) is 3. The molecule has 0 radical (unpaired) electrons. The van der Waals surface area contributed by atoms with Gasteiger partial charge in [0.15, 0.2) is 0 Å². The Bertz CT molecular complexity index is 791. The van der Waals surface area contributed by atoms with Gasteiger partial charge in [-0.2, -0.15) is 0 Å². The highest BCUT2D eigenvalue weighted by atomic mass is 16.5. The Hall–Kier alpha value is -2.56. The standard InChI is InChI=1S/C22H30N2O3/c1-6-16(4)23-21(25)12-13-24-17(5)19(22(26)27-7-2)14-20(24)18-10-8-15(3)9-11-18/h8-11,14,16H,6-7,12-13H2,1-5H3,(H,23,25)/t16-/m1/s1. The molecule has 1 atom stereocenters.